The van der Waals surface area contributed by atoms with E-state index in [-0.39, 0.29) is 17.2 Å². The van der Waals surface area contributed by atoms with Crippen LogP contribution in [0.5, 0.6) is 5.75 Å². The molecule has 6 nitrogen and oxygen atoms in total. The normalized spacial score (nSPS) is 11.0. The predicted molar refractivity (Wildman–Crippen MR) is 129 cm³/mol. The van der Waals surface area contributed by atoms with E-state index in [0.29, 0.717) is 28.5 Å². The van der Waals surface area contributed by atoms with Crippen molar-refractivity contribution >= 4 is 28.4 Å². The van der Waals surface area contributed by atoms with Crippen molar-refractivity contribution in [3.63, 3.8) is 0 Å². The van der Waals surface area contributed by atoms with Gasteiger partial charge in [-0.1, -0.05) is 18.2 Å². The maximum atomic E-state index is 15.3. The van der Waals surface area contributed by atoms with E-state index in [4.69, 9.17) is 4.74 Å². The van der Waals surface area contributed by atoms with Gasteiger partial charge in [-0.15, -0.1) is 0 Å². The molecule has 4 aromatic rings. The molecular weight excluding hydrogens is 419 g/mol. The number of aryl methyl sites for hydroxylation is 1. The van der Waals surface area contributed by atoms with Crippen LogP contribution < -0.4 is 15.4 Å². The average Bonchev–Trinajstić information content (AvgIpc) is 2.79. The van der Waals surface area contributed by atoms with Gasteiger partial charge in [-0.05, 0) is 62.2 Å². The van der Waals surface area contributed by atoms with E-state index in [1.165, 1.54) is 0 Å². The van der Waals surface area contributed by atoms with Gasteiger partial charge in [-0.25, -0.2) is 14.4 Å². The number of hydrogen-bond acceptors (Lipinski definition) is 5. The molecule has 0 saturated carbocycles. The molecule has 0 atom stereocenters. The highest BCUT2D eigenvalue weighted by Gasteiger charge is 2.19. The van der Waals surface area contributed by atoms with Gasteiger partial charge in [-0.3, -0.25) is 4.79 Å². The Morgan fingerprint density at radius 2 is 1.91 bits per heavy atom. The number of carbonyl (C=O) groups excluding carboxylic acids is 1. The van der Waals surface area contributed by atoms with Crippen molar-refractivity contribution in [2.75, 3.05) is 17.7 Å². The standard InChI is InChI=1S/C26H25FN4O2/c1-15(2)33-20-7-5-6-19(13-20)30-25(32)21-10-8-16(3)24(27)23(21)17-9-11-22-18(12-17)14-29-26(28-4)31-22/h5-15H,1-4H3,(H,30,32)(H,28,29,31). The Kier molecular flexibility index (Phi) is 6.22. The molecule has 1 aromatic heterocycles. The van der Waals surface area contributed by atoms with Crippen LogP contribution in [0.1, 0.15) is 29.8 Å². The van der Waals surface area contributed by atoms with E-state index in [1.54, 1.807) is 68.7 Å². The summed E-state index contributed by atoms with van der Waals surface area (Å²) >= 11 is 0. The summed E-state index contributed by atoms with van der Waals surface area (Å²) in [7, 11) is 1.74. The number of halogens is 1. The Labute approximate surface area is 191 Å². The molecule has 0 radical (unpaired) electrons. The second kappa shape index (κ2) is 9.24. The number of carbonyl (C=O) groups is 1. The molecule has 7 heteroatoms. The number of aromatic nitrogens is 2. The first-order valence-corrected chi connectivity index (χ1v) is 10.7. The van der Waals surface area contributed by atoms with Gasteiger partial charge in [0.2, 0.25) is 5.95 Å². The molecule has 0 unspecified atom stereocenters. The Hall–Kier alpha value is -4.00. The second-order valence-corrected chi connectivity index (χ2v) is 7.98. The molecule has 0 saturated heterocycles. The molecule has 168 valence electrons. The van der Waals surface area contributed by atoms with Crippen molar-refractivity contribution in [2.24, 2.45) is 0 Å². The van der Waals surface area contributed by atoms with Gasteiger partial charge in [0, 0.05) is 35.9 Å². The lowest BCUT2D eigenvalue weighted by molar-refractivity contribution is 0.102. The zero-order valence-corrected chi connectivity index (χ0v) is 18.9. The van der Waals surface area contributed by atoms with E-state index in [9.17, 15) is 4.79 Å². The summed E-state index contributed by atoms with van der Waals surface area (Å²) in [5.41, 5.74) is 2.79. The van der Waals surface area contributed by atoms with Crippen LogP contribution in [-0.2, 0) is 0 Å². The van der Waals surface area contributed by atoms with Gasteiger partial charge in [0.25, 0.3) is 5.91 Å². The van der Waals surface area contributed by atoms with Crippen LogP contribution in [0.15, 0.2) is 60.8 Å². The maximum absolute atomic E-state index is 15.3. The van der Waals surface area contributed by atoms with Crippen LogP contribution in [-0.4, -0.2) is 29.0 Å². The molecule has 0 aliphatic heterocycles. The molecule has 0 spiro atoms. The van der Waals surface area contributed by atoms with Crippen LogP contribution in [0.2, 0.25) is 0 Å². The summed E-state index contributed by atoms with van der Waals surface area (Å²) in [4.78, 5) is 21.8. The topological polar surface area (TPSA) is 76.1 Å². The fourth-order valence-corrected chi connectivity index (χ4v) is 3.58. The lowest BCUT2D eigenvalue weighted by Crippen LogP contribution is -2.14. The molecule has 4 rings (SSSR count). The molecule has 0 bridgehead atoms. The van der Waals surface area contributed by atoms with E-state index < -0.39 is 11.7 Å². The van der Waals surface area contributed by atoms with Gasteiger partial charge in [0.15, 0.2) is 0 Å². The molecule has 1 amide bonds. The summed E-state index contributed by atoms with van der Waals surface area (Å²) < 4.78 is 21.0. The van der Waals surface area contributed by atoms with E-state index in [0.717, 1.165) is 10.9 Å². The van der Waals surface area contributed by atoms with Crippen molar-refractivity contribution in [1.82, 2.24) is 9.97 Å². The number of ether oxygens (including phenoxy) is 1. The first-order chi connectivity index (χ1) is 15.9. The number of benzene rings is 3. The number of nitrogens with zero attached hydrogens (tertiary/aromatic N) is 2. The van der Waals surface area contributed by atoms with Crippen molar-refractivity contribution < 1.29 is 13.9 Å². The third-order valence-electron chi connectivity index (χ3n) is 5.14. The van der Waals surface area contributed by atoms with Crippen LogP contribution >= 0.6 is 0 Å². The van der Waals surface area contributed by atoms with Crippen molar-refractivity contribution in [3.05, 3.63) is 77.7 Å². The number of rotatable bonds is 6. The monoisotopic (exact) mass is 444 g/mol. The highest BCUT2D eigenvalue weighted by atomic mass is 19.1. The first-order valence-electron chi connectivity index (χ1n) is 10.7. The van der Waals surface area contributed by atoms with Gasteiger partial charge < -0.3 is 15.4 Å². The zero-order valence-electron chi connectivity index (χ0n) is 18.9. The largest absolute Gasteiger partial charge is 0.491 e. The minimum Gasteiger partial charge on any atom is -0.491 e. The average molecular weight is 445 g/mol. The van der Waals surface area contributed by atoms with Gasteiger partial charge in [0.1, 0.15) is 11.6 Å². The van der Waals surface area contributed by atoms with Crippen molar-refractivity contribution in [3.8, 4) is 16.9 Å². The Bertz CT molecular complexity index is 1340. The molecule has 0 aliphatic carbocycles. The lowest BCUT2D eigenvalue weighted by atomic mass is 9.95. The number of fused-ring (bicyclic) bond motifs is 1. The smallest absolute Gasteiger partial charge is 0.256 e. The highest BCUT2D eigenvalue weighted by molar-refractivity contribution is 6.09. The zero-order chi connectivity index (χ0) is 23.5. The summed E-state index contributed by atoms with van der Waals surface area (Å²) in [5, 5.41) is 6.51. The SMILES string of the molecule is CNc1ncc2cc(-c3c(C(=O)Nc4cccc(OC(C)C)c4)ccc(C)c3F)ccc2n1. The van der Waals surface area contributed by atoms with Crippen LogP contribution in [0.4, 0.5) is 16.0 Å². The molecule has 1 heterocycles. The number of amides is 1. The highest BCUT2D eigenvalue weighted by Crippen LogP contribution is 2.32. The first kappa shape index (κ1) is 22.2. The van der Waals surface area contributed by atoms with Gasteiger partial charge in [-0.2, -0.15) is 0 Å². The Morgan fingerprint density at radius 1 is 1.09 bits per heavy atom. The quantitative estimate of drug-likeness (QED) is 0.392. The van der Waals surface area contributed by atoms with Crippen LogP contribution in [0.3, 0.4) is 0 Å². The third kappa shape index (κ3) is 4.77. The van der Waals surface area contributed by atoms with E-state index >= 15 is 4.39 Å². The fraction of sp³-hybridized carbons (Fsp3) is 0.192. The molecule has 0 fully saturated rings. The van der Waals surface area contributed by atoms with E-state index in [2.05, 4.69) is 20.6 Å². The number of hydrogen-bond donors (Lipinski definition) is 2. The summed E-state index contributed by atoms with van der Waals surface area (Å²) in [6.07, 6.45) is 1.68. The van der Waals surface area contributed by atoms with Gasteiger partial charge >= 0.3 is 0 Å². The minimum atomic E-state index is -0.438. The number of anilines is 2. The van der Waals surface area contributed by atoms with Crippen molar-refractivity contribution in [2.45, 2.75) is 26.9 Å². The molecule has 2 N–H and O–H groups in total. The molecular formula is C26H25FN4O2. The Balaban J connectivity index is 1.73. The van der Waals surface area contributed by atoms with Crippen LogP contribution in [0, 0.1) is 12.7 Å². The molecule has 0 aliphatic rings. The minimum absolute atomic E-state index is 0.00909. The van der Waals surface area contributed by atoms with E-state index in [1.807, 2.05) is 19.9 Å². The van der Waals surface area contributed by atoms with Gasteiger partial charge in [0.05, 0.1) is 17.2 Å². The predicted octanol–water partition coefficient (Wildman–Crippen LogP) is 5.83. The number of nitrogens with one attached hydrogen (secondary N) is 2. The molecule has 33 heavy (non-hydrogen) atoms. The van der Waals surface area contributed by atoms with Crippen LogP contribution in [0.25, 0.3) is 22.0 Å². The third-order valence-corrected chi connectivity index (χ3v) is 5.14. The van der Waals surface area contributed by atoms with Crippen molar-refractivity contribution in [1.29, 1.82) is 0 Å². The second-order valence-electron chi connectivity index (χ2n) is 7.98. The summed E-state index contributed by atoms with van der Waals surface area (Å²) in [6, 6.07) is 15.7. The fourth-order valence-electron chi connectivity index (χ4n) is 3.58. The molecule has 3 aromatic carbocycles. The lowest BCUT2D eigenvalue weighted by Gasteiger charge is -2.15. The Morgan fingerprint density at radius 3 is 2.67 bits per heavy atom. The summed E-state index contributed by atoms with van der Waals surface area (Å²) in [6.45, 7) is 5.54. The summed E-state index contributed by atoms with van der Waals surface area (Å²) in [5.74, 6) is 0.299. The maximum Gasteiger partial charge on any atom is 0.256 e.